The molecule has 2 N–H and O–H groups in total. The molecule has 0 saturated carbocycles. The van der Waals surface area contributed by atoms with E-state index >= 15 is 0 Å². The normalized spacial score (nSPS) is 20.4. The Morgan fingerprint density at radius 2 is 1.95 bits per heavy atom. The highest BCUT2D eigenvalue weighted by Gasteiger charge is 2.23. The minimum absolute atomic E-state index is 0.135. The van der Waals surface area contributed by atoms with Crippen LogP contribution >= 0.6 is 0 Å². The quantitative estimate of drug-likeness (QED) is 0.840. The Hall–Kier alpha value is -1.26. The van der Waals surface area contributed by atoms with Crippen molar-refractivity contribution in [3.8, 4) is 11.5 Å². The zero-order chi connectivity index (χ0) is 14.4. The van der Waals surface area contributed by atoms with Gasteiger partial charge < -0.3 is 19.9 Å². The molecule has 2 atom stereocenters. The molecular formula is C16H25NO3. The number of piperidine rings is 1. The van der Waals surface area contributed by atoms with Gasteiger partial charge >= 0.3 is 0 Å². The largest absolute Gasteiger partial charge is 0.490 e. The Bertz CT molecular complexity index is 416. The van der Waals surface area contributed by atoms with E-state index in [0.29, 0.717) is 19.0 Å². The van der Waals surface area contributed by atoms with Gasteiger partial charge in [0.15, 0.2) is 11.5 Å². The van der Waals surface area contributed by atoms with Crippen LogP contribution in [0.15, 0.2) is 18.2 Å². The highest BCUT2D eigenvalue weighted by molar-refractivity contribution is 5.44. The molecule has 0 amide bonds. The molecule has 0 aliphatic carbocycles. The number of hydrogen-bond donors (Lipinski definition) is 2. The van der Waals surface area contributed by atoms with Crippen LogP contribution in [0.3, 0.4) is 0 Å². The lowest BCUT2D eigenvalue weighted by atomic mass is 9.95. The molecule has 2 unspecified atom stereocenters. The fourth-order valence-electron chi connectivity index (χ4n) is 2.63. The van der Waals surface area contributed by atoms with Gasteiger partial charge in [-0.25, -0.2) is 0 Å². The number of nitrogens with one attached hydrogen (secondary N) is 1. The summed E-state index contributed by atoms with van der Waals surface area (Å²) in [7, 11) is 0. The summed E-state index contributed by atoms with van der Waals surface area (Å²) in [4.78, 5) is 0. The minimum Gasteiger partial charge on any atom is -0.490 e. The third-order valence-corrected chi connectivity index (χ3v) is 3.64. The Kier molecular flexibility index (Phi) is 5.68. The number of benzene rings is 1. The molecule has 112 valence electrons. The molecule has 0 aromatic heterocycles. The third kappa shape index (κ3) is 3.64. The van der Waals surface area contributed by atoms with E-state index in [9.17, 15) is 5.11 Å². The van der Waals surface area contributed by atoms with Gasteiger partial charge in [0.25, 0.3) is 0 Å². The second-order valence-corrected chi connectivity index (χ2v) is 5.07. The first-order chi connectivity index (χ1) is 9.76. The summed E-state index contributed by atoms with van der Waals surface area (Å²) < 4.78 is 11.2. The first-order valence-corrected chi connectivity index (χ1v) is 7.57. The number of rotatable bonds is 6. The molecule has 2 rings (SSSR count). The fourth-order valence-corrected chi connectivity index (χ4v) is 2.63. The Morgan fingerprint density at radius 3 is 2.60 bits per heavy atom. The summed E-state index contributed by atoms with van der Waals surface area (Å²) in [6, 6.07) is 5.84. The van der Waals surface area contributed by atoms with Crippen molar-refractivity contribution in [2.24, 2.45) is 0 Å². The molecule has 1 aromatic carbocycles. The van der Waals surface area contributed by atoms with Crippen LogP contribution in [0.4, 0.5) is 0 Å². The van der Waals surface area contributed by atoms with Gasteiger partial charge in [0, 0.05) is 6.04 Å². The maximum Gasteiger partial charge on any atom is 0.161 e. The molecule has 1 heterocycles. The van der Waals surface area contributed by atoms with Gasteiger partial charge in [-0.05, 0) is 50.9 Å². The Morgan fingerprint density at radius 1 is 1.20 bits per heavy atom. The van der Waals surface area contributed by atoms with Crippen LogP contribution in [0.25, 0.3) is 0 Å². The van der Waals surface area contributed by atoms with Crippen LogP contribution in [0.1, 0.15) is 44.8 Å². The van der Waals surface area contributed by atoms with Crippen molar-refractivity contribution in [3.63, 3.8) is 0 Å². The van der Waals surface area contributed by atoms with Crippen molar-refractivity contribution in [1.29, 1.82) is 0 Å². The zero-order valence-electron chi connectivity index (χ0n) is 12.4. The average molecular weight is 279 g/mol. The van der Waals surface area contributed by atoms with Crippen LogP contribution in [0.2, 0.25) is 0 Å². The highest BCUT2D eigenvalue weighted by Crippen LogP contribution is 2.32. The molecule has 1 saturated heterocycles. The van der Waals surface area contributed by atoms with Crippen molar-refractivity contribution in [2.45, 2.75) is 45.3 Å². The van der Waals surface area contributed by atoms with Crippen LogP contribution < -0.4 is 14.8 Å². The lowest BCUT2D eigenvalue weighted by Gasteiger charge is -2.28. The lowest BCUT2D eigenvalue weighted by Crippen LogP contribution is -2.38. The van der Waals surface area contributed by atoms with Gasteiger partial charge in [-0.15, -0.1) is 0 Å². The summed E-state index contributed by atoms with van der Waals surface area (Å²) in [5, 5.41) is 13.9. The predicted molar refractivity (Wildman–Crippen MR) is 79.4 cm³/mol. The molecule has 20 heavy (non-hydrogen) atoms. The van der Waals surface area contributed by atoms with Gasteiger partial charge in [0.05, 0.1) is 19.3 Å². The van der Waals surface area contributed by atoms with Crippen LogP contribution in [-0.4, -0.2) is 30.9 Å². The Balaban J connectivity index is 2.16. The number of hydrogen-bond acceptors (Lipinski definition) is 4. The van der Waals surface area contributed by atoms with Crippen molar-refractivity contribution in [2.75, 3.05) is 19.8 Å². The van der Waals surface area contributed by atoms with E-state index in [0.717, 1.165) is 24.3 Å². The summed E-state index contributed by atoms with van der Waals surface area (Å²) in [5.74, 6) is 1.45. The topological polar surface area (TPSA) is 50.7 Å². The molecule has 1 fully saturated rings. The van der Waals surface area contributed by atoms with Gasteiger partial charge in [-0.2, -0.15) is 0 Å². The van der Waals surface area contributed by atoms with Gasteiger partial charge in [0.1, 0.15) is 0 Å². The van der Waals surface area contributed by atoms with Crippen molar-refractivity contribution >= 4 is 0 Å². The number of aliphatic hydroxyl groups excluding tert-OH is 1. The van der Waals surface area contributed by atoms with Gasteiger partial charge in [-0.3, -0.25) is 0 Å². The molecular weight excluding hydrogens is 254 g/mol. The van der Waals surface area contributed by atoms with E-state index in [1.807, 2.05) is 32.0 Å². The smallest absolute Gasteiger partial charge is 0.161 e. The molecule has 4 heteroatoms. The van der Waals surface area contributed by atoms with Crippen molar-refractivity contribution in [1.82, 2.24) is 5.32 Å². The molecule has 1 aromatic rings. The van der Waals surface area contributed by atoms with Crippen LogP contribution in [-0.2, 0) is 0 Å². The maximum atomic E-state index is 10.5. The van der Waals surface area contributed by atoms with Crippen molar-refractivity contribution in [3.05, 3.63) is 23.8 Å². The lowest BCUT2D eigenvalue weighted by molar-refractivity contribution is 0.113. The summed E-state index contributed by atoms with van der Waals surface area (Å²) in [6.45, 7) is 6.07. The summed E-state index contributed by atoms with van der Waals surface area (Å²) in [6.07, 6.45) is 2.88. The van der Waals surface area contributed by atoms with E-state index in [4.69, 9.17) is 9.47 Å². The molecule has 0 bridgehead atoms. The van der Waals surface area contributed by atoms with E-state index in [2.05, 4.69) is 5.32 Å². The first-order valence-electron chi connectivity index (χ1n) is 7.57. The molecule has 0 radical (unpaired) electrons. The van der Waals surface area contributed by atoms with Gasteiger partial charge in [-0.1, -0.05) is 12.5 Å². The van der Waals surface area contributed by atoms with Crippen LogP contribution in [0, 0.1) is 0 Å². The molecule has 1 aliphatic heterocycles. The number of ether oxygens (including phenoxy) is 2. The monoisotopic (exact) mass is 279 g/mol. The minimum atomic E-state index is -0.495. The second-order valence-electron chi connectivity index (χ2n) is 5.07. The third-order valence-electron chi connectivity index (χ3n) is 3.64. The Labute approximate surface area is 121 Å². The van der Waals surface area contributed by atoms with E-state index in [1.54, 1.807) is 0 Å². The van der Waals surface area contributed by atoms with Gasteiger partial charge in [0.2, 0.25) is 0 Å². The first kappa shape index (κ1) is 15.1. The van der Waals surface area contributed by atoms with Crippen LogP contribution in [0.5, 0.6) is 11.5 Å². The zero-order valence-corrected chi connectivity index (χ0v) is 12.4. The number of aliphatic hydroxyl groups is 1. The highest BCUT2D eigenvalue weighted by atomic mass is 16.5. The van der Waals surface area contributed by atoms with E-state index in [1.165, 1.54) is 12.8 Å². The van der Waals surface area contributed by atoms with E-state index in [-0.39, 0.29) is 6.04 Å². The second kappa shape index (κ2) is 7.50. The summed E-state index contributed by atoms with van der Waals surface area (Å²) >= 11 is 0. The standard InChI is InChI=1S/C16H25NO3/c1-3-19-14-9-8-12(11-15(14)20-4-2)16(18)13-7-5-6-10-17-13/h8-9,11,13,16-18H,3-7,10H2,1-2H3. The average Bonchev–Trinajstić information content (AvgIpc) is 2.50. The summed E-state index contributed by atoms with van der Waals surface area (Å²) in [5.41, 5.74) is 0.885. The fraction of sp³-hybridized carbons (Fsp3) is 0.625. The maximum absolute atomic E-state index is 10.5. The predicted octanol–water partition coefficient (Wildman–Crippen LogP) is 2.66. The molecule has 1 aliphatic rings. The molecule has 4 nitrogen and oxygen atoms in total. The van der Waals surface area contributed by atoms with Crippen molar-refractivity contribution < 1.29 is 14.6 Å². The SMILES string of the molecule is CCOc1ccc(C(O)C2CCCCN2)cc1OCC. The molecule has 0 spiro atoms. The van der Waals surface area contributed by atoms with E-state index < -0.39 is 6.10 Å².